The van der Waals surface area contributed by atoms with E-state index in [0.29, 0.717) is 16.8 Å². The summed E-state index contributed by atoms with van der Waals surface area (Å²) in [5, 5.41) is 2.70. The number of hydrogen-bond acceptors (Lipinski definition) is 6. The van der Waals surface area contributed by atoms with Crippen molar-refractivity contribution in [2.45, 2.75) is 20.0 Å². The molecule has 3 heterocycles. The van der Waals surface area contributed by atoms with Crippen LogP contribution in [0.3, 0.4) is 0 Å². The average molecular weight is 429 g/mol. The van der Waals surface area contributed by atoms with Crippen LogP contribution in [0.2, 0.25) is 0 Å². The second-order valence-electron chi connectivity index (χ2n) is 7.17. The third-order valence-corrected chi connectivity index (χ3v) is 4.93. The van der Waals surface area contributed by atoms with Crippen molar-refractivity contribution in [3.63, 3.8) is 0 Å². The number of nitrogens with zero attached hydrogens (tertiary/aromatic N) is 4. The summed E-state index contributed by atoms with van der Waals surface area (Å²) in [6.07, 6.45) is 4.62. The lowest BCUT2D eigenvalue weighted by Gasteiger charge is -2.14. The first kappa shape index (κ1) is 20.9. The lowest BCUT2D eigenvalue weighted by atomic mass is 10.1. The molecule has 9 heteroatoms. The molecular formula is C23H19N5O4. The highest BCUT2D eigenvalue weighted by Crippen LogP contribution is 2.11. The van der Waals surface area contributed by atoms with E-state index >= 15 is 0 Å². The highest BCUT2D eigenvalue weighted by Gasteiger charge is 2.16. The molecule has 0 saturated heterocycles. The van der Waals surface area contributed by atoms with Gasteiger partial charge in [0.2, 0.25) is 5.91 Å². The van der Waals surface area contributed by atoms with Crippen molar-refractivity contribution in [1.29, 1.82) is 0 Å². The van der Waals surface area contributed by atoms with E-state index in [9.17, 15) is 19.2 Å². The molecule has 1 N–H and O–H groups in total. The fourth-order valence-electron chi connectivity index (χ4n) is 3.34. The molecule has 0 aliphatic rings. The van der Waals surface area contributed by atoms with Crippen LogP contribution in [-0.4, -0.2) is 30.8 Å². The van der Waals surface area contributed by atoms with E-state index in [1.807, 2.05) is 0 Å². The van der Waals surface area contributed by atoms with Gasteiger partial charge in [-0.2, -0.15) is 0 Å². The van der Waals surface area contributed by atoms with Crippen molar-refractivity contribution in [3.05, 3.63) is 99.1 Å². The number of Topliss-reactive ketones (excluding diaryl/α,β-unsaturated/α-hetero) is 1. The number of hydrogen-bond donors (Lipinski definition) is 1. The summed E-state index contributed by atoms with van der Waals surface area (Å²) in [5.74, 6) is -0.538. The van der Waals surface area contributed by atoms with Crippen LogP contribution in [0.15, 0.2) is 76.7 Å². The van der Waals surface area contributed by atoms with Crippen LogP contribution in [0.1, 0.15) is 22.8 Å². The van der Waals surface area contributed by atoms with Crippen LogP contribution in [0.5, 0.6) is 0 Å². The predicted octanol–water partition coefficient (Wildman–Crippen LogP) is 1.84. The molecule has 1 amide bonds. The number of anilines is 1. The number of amides is 1. The molecule has 0 bridgehead atoms. The van der Waals surface area contributed by atoms with Crippen molar-refractivity contribution < 1.29 is 9.59 Å². The van der Waals surface area contributed by atoms with Crippen LogP contribution in [0.4, 0.5) is 5.69 Å². The smallest absolute Gasteiger partial charge is 0.325 e. The first-order valence-corrected chi connectivity index (χ1v) is 9.82. The summed E-state index contributed by atoms with van der Waals surface area (Å²) in [7, 11) is 0. The second kappa shape index (κ2) is 8.76. The van der Waals surface area contributed by atoms with Gasteiger partial charge in [0.15, 0.2) is 11.3 Å². The van der Waals surface area contributed by atoms with Gasteiger partial charge in [0, 0.05) is 29.8 Å². The minimum absolute atomic E-state index is 0.00610. The van der Waals surface area contributed by atoms with Gasteiger partial charge in [0.25, 0.3) is 5.56 Å². The zero-order chi connectivity index (χ0) is 22.7. The Kier molecular flexibility index (Phi) is 5.71. The van der Waals surface area contributed by atoms with Crippen molar-refractivity contribution in [2.24, 2.45) is 0 Å². The minimum Gasteiger partial charge on any atom is -0.325 e. The first-order valence-electron chi connectivity index (χ1n) is 9.82. The second-order valence-corrected chi connectivity index (χ2v) is 7.17. The molecule has 4 rings (SSSR count). The maximum atomic E-state index is 13.2. The van der Waals surface area contributed by atoms with Crippen molar-refractivity contribution in [3.8, 4) is 0 Å². The van der Waals surface area contributed by atoms with E-state index < -0.39 is 17.2 Å². The summed E-state index contributed by atoms with van der Waals surface area (Å²) in [6.45, 7) is 1.15. The monoisotopic (exact) mass is 429 g/mol. The molecule has 1 aromatic carbocycles. The lowest BCUT2D eigenvalue weighted by Crippen LogP contribution is -2.42. The molecule has 32 heavy (non-hydrogen) atoms. The summed E-state index contributed by atoms with van der Waals surface area (Å²) in [4.78, 5) is 58.3. The zero-order valence-electron chi connectivity index (χ0n) is 17.2. The molecule has 160 valence electrons. The number of pyridine rings is 2. The largest absolute Gasteiger partial charge is 0.332 e. The standard InChI is InChI=1S/C23H19N5O4/c1-15(29)17-6-8-18(9-7-17)26-20(30)14-27-19-5-3-11-25-21(19)22(31)28(23(27)32)13-16-4-2-10-24-12-16/h2-12H,13-14H2,1H3,(H,26,30). The van der Waals surface area contributed by atoms with E-state index in [1.54, 1.807) is 60.9 Å². The number of ketones is 1. The quantitative estimate of drug-likeness (QED) is 0.468. The van der Waals surface area contributed by atoms with Crippen LogP contribution < -0.4 is 16.6 Å². The van der Waals surface area contributed by atoms with Crippen LogP contribution in [0, 0.1) is 0 Å². The number of rotatable bonds is 6. The lowest BCUT2D eigenvalue weighted by molar-refractivity contribution is -0.116. The number of nitrogens with one attached hydrogen (secondary N) is 1. The Morgan fingerprint density at radius 1 is 0.969 bits per heavy atom. The Balaban J connectivity index is 1.69. The Hall–Kier alpha value is -4.40. The van der Waals surface area contributed by atoms with E-state index in [1.165, 1.54) is 17.7 Å². The van der Waals surface area contributed by atoms with Gasteiger partial charge in [0.05, 0.1) is 12.1 Å². The molecule has 9 nitrogen and oxygen atoms in total. The SMILES string of the molecule is CC(=O)c1ccc(NC(=O)Cn2c(=O)n(Cc3cccnc3)c(=O)c3ncccc32)cc1. The van der Waals surface area contributed by atoms with Gasteiger partial charge >= 0.3 is 5.69 Å². The van der Waals surface area contributed by atoms with Crippen molar-refractivity contribution in [2.75, 3.05) is 5.32 Å². The van der Waals surface area contributed by atoms with Gasteiger partial charge in [-0.25, -0.2) is 9.78 Å². The zero-order valence-corrected chi connectivity index (χ0v) is 17.2. The Morgan fingerprint density at radius 2 is 1.72 bits per heavy atom. The van der Waals surface area contributed by atoms with Gasteiger partial charge in [-0.15, -0.1) is 0 Å². The molecule has 0 saturated carbocycles. The minimum atomic E-state index is -0.624. The maximum Gasteiger partial charge on any atom is 0.332 e. The van der Waals surface area contributed by atoms with Crippen LogP contribution in [0.25, 0.3) is 11.0 Å². The summed E-state index contributed by atoms with van der Waals surface area (Å²) in [6, 6.07) is 13.1. The number of carbonyl (C=O) groups excluding carboxylic acids is 2. The fourth-order valence-corrected chi connectivity index (χ4v) is 3.34. The molecule has 0 radical (unpaired) electrons. The van der Waals surface area contributed by atoms with Gasteiger partial charge in [-0.3, -0.25) is 28.5 Å². The number of benzene rings is 1. The van der Waals surface area contributed by atoms with Crippen molar-refractivity contribution in [1.82, 2.24) is 19.1 Å². The molecule has 0 aliphatic heterocycles. The third-order valence-electron chi connectivity index (χ3n) is 4.93. The van der Waals surface area contributed by atoms with E-state index in [0.717, 1.165) is 4.57 Å². The molecule has 0 aliphatic carbocycles. The predicted molar refractivity (Wildman–Crippen MR) is 119 cm³/mol. The molecule has 0 spiro atoms. The Bertz CT molecular complexity index is 1420. The van der Waals surface area contributed by atoms with Gasteiger partial charge in [-0.05, 0) is 55.0 Å². The van der Waals surface area contributed by atoms with E-state index in [4.69, 9.17) is 0 Å². The Morgan fingerprint density at radius 3 is 2.41 bits per heavy atom. The normalized spacial score (nSPS) is 10.8. The Labute approximate surface area is 182 Å². The fraction of sp³-hybridized carbons (Fsp3) is 0.130. The average Bonchev–Trinajstić information content (AvgIpc) is 2.80. The van der Waals surface area contributed by atoms with Gasteiger partial charge in [0.1, 0.15) is 6.54 Å². The number of aromatic nitrogens is 4. The van der Waals surface area contributed by atoms with E-state index in [-0.39, 0.29) is 29.9 Å². The van der Waals surface area contributed by atoms with Crippen LogP contribution in [-0.2, 0) is 17.9 Å². The van der Waals surface area contributed by atoms with Crippen LogP contribution >= 0.6 is 0 Å². The topological polar surface area (TPSA) is 116 Å². The highest BCUT2D eigenvalue weighted by molar-refractivity contribution is 5.95. The van der Waals surface area contributed by atoms with Crippen molar-refractivity contribution >= 4 is 28.4 Å². The molecule has 0 unspecified atom stereocenters. The number of fused-ring (bicyclic) bond motifs is 1. The highest BCUT2D eigenvalue weighted by atomic mass is 16.2. The molecule has 0 atom stereocenters. The number of carbonyl (C=O) groups is 2. The molecule has 0 fully saturated rings. The summed E-state index contributed by atoms with van der Waals surface area (Å²) < 4.78 is 2.26. The van der Waals surface area contributed by atoms with Gasteiger partial charge < -0.3 is 5.32 Å². The van der Waals surface area contributed by atoms with Gasteiger partial charge in [-0.1, -0.05) is 6.07 Å². The van der Waals surface area contributed by atoms with E-state index in [2.05, 4.69) is 15.3 Å². The summed E-state index contributed by atoms with van der Waals surface area (Å²) in [5.41, 5.74) is 0.885. The molecule has 3 aromatic heterocycles. The first-order chi connectivity index (χ1) is 15.4. The molecular weight excluding hydrogens is 410 g/mol. The third kappa shape index (κ3) is 4.22. The molecule has 4 aromatic rings. The maximum absolute atomic E-state index is 13.2. The summed E-state index contributed by atoms with van der Waals surface area (Å²) >= 11 is 0.